The molecule has 1 heterocycles. The molecule has 1 N–H and O–H groups in total. The molecule has 0 bridgehead atoms. The van der Waals surface area contributed by atoms with E-state index in [0.717, 1.165) is 19.1 Å². The number of ether oxygens (including phenoxy) is 1. The molecule has 2 rings (SSSR count). The average molecular weight is 262 g/mol. The summed E-state index contributed by atoms with van der Waals surface area (Å²) in [6.45, 7) is 4.24. The topological polar surface area (TPSA) is 24.5 Å². The van der Waals surface area contributed by atoms with Gasteiger partial charge in [-0.05, 0) is 44.5 Å². The SMILES string of the molecule is COCC(c1ccccc1)N(C)CC1CCNCC1. The smallest absolute Gasteiger partial charge is 0.0659 e. The maximum atomic E-state index is 5.41. The van der Waals surface area contributed by atoms with E-state index in [-0.39, 0.29) is 0 Å². The van der Waals surface area contributed by atoms with Crippen molar-refractivity contribution in [3.05, 3.63) is 35.9 Å². The van der Waals surface area contributed by atoms with Crippen molar-refractivity contribution in [3.8, 4) is 0 Å². The molecule has 0 saturated carbocycles. The van der Waals surface area contributed by atoms with Crippen LogP contribution in [0.25, 0.3) is 0 Å². The van der Waals surface area contributed by atoms with Crippen LogP contribution in [0, 0.1) is 5.92 Å². The summed E-state index contributed by atoms with van der Waals surface area (Å²) >= 11 is 0. The van der Waals surface area contributed by atoms with E-state index < -0.39 is 0 Å². The second-order valence-corrected chi connectivity index (χ2v) is 5.51. The average Bonchev–Trinajstić information content (AvgIpc) is 2.46. The lowest BCUT2D eigenvalue weighted by Gasteiger charge is -2.33. The van der Waals surface area contributed by atoms with Crippen molar-refractivity contribution >= 4 is 0 Å². The van der Waals surface area contributed by atoms with Gasteiger partial charge in [-0.15, -0.1) is 0 Å². The van der Waals surface area contributed by atoms with Crippen LogP contribution in [0.5, 0.6) is 0 Å². The van der Waals surface area contributed by atoms with Crippen LogP contribution in [0.2, 0.25) is 0 Å². The Hall–Kier alpha value is -0.900. The van der Waals surface area contributed by atoms with Crippen LogP contribution in [0.1, 0.15) is 24.4 Å². The summed E-state index contributed by atoms with van der Waals surface area (Å²) in [7, 11) is 4.01. The minimum absolute atomic E-state index is 0.362. The molecule has 3 nitrogen and oxygen atoms in total. The third-order valence-corrected chi connectivity index (χ3v) is 4.05. The zero-order valence-electron chi connectivity index (χ0n) is 12.1. The molecular weight excluding hydrogens is 236 g/mol. The van der Waals surface area contributed by atoms with Gasteiger partial charge in [0.25, 0.3) is 0 Å². The van der Waals surface area contributed by atoms with Crippen molar-refractivity contribution in [2.75, 3.05) is 40.4 Å². The molecule has 0 amide bonds. The second-order valence-electron chi connectivity index (χ2n) is 5.51. The van der Waals surface area contributed by atoms with Gasteiger partial charge >= 0.3 is 0 Å². The first-order valence-corrected chi connectivity index (χ1v) is 7.26. The van der Waals surface area contributed by atoms with Crippen LogP contribution in [-0.4, -0.2) is 45.3 Å². The molecule has 1 aromatic rings. The number of methoxy groups -OCH3 is 1. The van der Waals surface area contributed by atoms with E-state index in [1.165, 1.54) is 31.5 Å². The molecule has 1 aliphatic rings. The minimum atomic E-state index is 0.362. The third kappa shape index (κ3) is 4.30. The number of nitrogens with one attached hydrogen (secondary N) is 1. The normalized spacial score (nSPS) is 18.7. The van der Waals surface area contributed by atoms with E-state index in [4.69, 9.17) is 4.74 Å². The third-order valence-electron chi connectivity index (χ3n) is 4.05. The first-order valence-electron chi connectivity index (χ1n) is 7.26. The van der Waals surface area contributed by atoms with Crippen LogP contribution < -0.4 is 5.32 Å². The lowest BCUT2D eigenvalue weighted by Crippen LogP contribution is -2.37. The van der Waals surface area contributed by atoms with Crippen LogP contribution >= 0.6 is 0 Å². The summed E-state index contributed by atoms with van der Waals surface area (Å²) < 4.78 is 5.41. The molecule has 106 valence electrons. The molecule has 1 saturated heterocycles. The van der Waals surface area contributed by atoms with Crippen molar-refractivity contribution in [1.82, 2.24) is 10.2 Å². The van der Waals surface area contributed by atoms with Gasteiger partial charge in [-0.1, -0.05) is 30.3 Å². The molecule has 0 spiro atoms. The van der Waals surface area contributed by atoms with Gasteiger partial charge < -0.3 is 10.1 Å². The summed E-state index contributed by atoms with van der Waals surface area (Å²) in [6, 6.07) is 11.0. The maximum Gasteiger partial charge on any atom is 0.0659 e. The highest BCUT2D eigenvalue weighted by Gasteiger charge is 2.21. The van der Waals surface area contributed by atoms with Gasteiger partial charge in [-0.3, -0.25) is 4.90 Å². The Labute approximate surface area is 116 Å². The van der Waals surface area contributed by atoms with Crippen molar-refractivity contribution in [3.63, 3.8) is 0 Å². The van der Waals surface area contributed by atoms with Crippen molar-refractivity contribution in [2.45, 2.75) is 18.9 Å². The zero-order valence-corrected chi connectivity index (χ0v) is 12.1. The summed E-state index contributed by atoms with van der Waals surface area (Å²) in [5.74, 6) is 0.814. The zero-order chi connectivity index (χ0) is 13.5. The number of piperidine rings is 1. The number of hydrogen-bond acceptors (Lipinski definition) is 3. The Balaban J connectivity index is 1.97. The lowest BCUT2D eigenvalue weighted by molar-refractivity contribution is 0.0919. The quantitative estimate of drug-likeness (QED) is 0.851. The van der Waals surface area contributed by atoms with Crippen molar-refractivity contribution in [1.29, 1.82) is 0 Å². The Kier molecular flexibility index (Phi) is 5.83. The standard InChI is InChI=1S/C16H26N2O/c1-18(12-14-8-10-17-11-9-14)16(13-19-2)15-6-4-3-5-7-15/h3-7,14,16-17H,8-13H2,1-2H3. The molecule has 0 aliphatic carbocycles. The summed E-state index contributed by atoms with van der Waals surface area (Å²) in [5, 5.41) is 3.43. The summed E-state index contributed by atoms with van der Waals surface area (Å²) in [5.41, 5.74) is 1.35. The monoisotopic (exact) mass is 262 g/mol. The molecule has 1 unspecified atom stereocenters. The number of hydrogen-bond donors (Lipinski definition) is 1. The van der Waals surface area contributed by atoms with E-state index in [0.29, 0.717) is 6.04 Å². The van der Waals surface area contributed by atoms with E-state index in [1.807, 2.05) is 0 Å². The predicted molar refractivity (Wildman–Crippen MR) is 79.3 cm³/mol. The Morgan fingerprint density at radius 1 is 1.26 bits per heavy atom. The van der Waals surface area contributed by atoms with Gasteiger partial charge in [0, 0.05) is 13.7 Å². The number of nitrogens with zero attached hydrogens (tertiary/aromatic N) is 1. The number of benzene rings is 1. The van der Waals surface area contributed by atoms with Crippen LogP contribution in [0.4, 0.5) is 0 Å². The van der Waals surface area contributed by atoms with E-state index in [9.17, 15) is 0 Å². The van der Waals surface area contributed by atoms with E-state index in [2.05, 4.69) is 47.6 Å². The molecule has 1 atom stereocenters. The fraction of sp³-hybridized carbons (Fsp3) is 0.625. The van der Waals surface area contributed by atoms with Crippen LogP contribution in [0.15, 0.2) is 30.3 Å². The fourth-order valence-electron chi connectivity index (χ4n) is 2.91. The minimum Gasteiger partial charge on any atom is -0.383 e. The molecule has 3 heteroatoms. The molecule has 19 heavy (non-hydrogen) atoms. The van der Waals surface area contributed by atoms with Gasteiger partial charge in [0.05, 0.1) is 12.6 Å². The highest BCUT2D eigenvalue weighted by atomic mass is 16.5. The fourth-order valence-corrected chi connectivity index (χ4v) is 2.91. The lowest BCUT2D eigenvalue weighted by atomic mass is 9.96. The summed E-state index contributed by atoms with van der Waals surface area (Å²) in [4.78, 5) is 2.45. The second kappa shape index (κ2) is 7.63. The first-order chi connectivity index (χ1) is 9.31. The number of likely N-dealkylation sites (N-methyl/N-ethyl adjacent to an activating group) is 1. The molecule has 1 fully saturated rings. The Bertz CT molecular complexity index is 349. The van der Waals surface area contributed by atoms with Crippen molar-refractivity contribution in [2.24, 2.45) is 5.92 Å². The Morgan fingerprint density at radius 2 is 1.95 bits per heavy atom. The first kappa shape index (κ1) is 14.5. The van der Waals surface area contributed by atoms with E-state index >= 15 is 0 Å². The molecule has 0 radical (unpaired) electrons. The molecular formula is C16H26N2O. The van der Waals surface area contributed by atoms with Crippen molar-refractivity contribution < 1.29 is 4.74 Å². The highest BCUT2D eigenvalue weighted by molar-refractivity contribution is 5.19. The summed E-state index contributed by atoms with van der Waals surface area (Å²) in [6.07, 6.45) is 2.58. The van der Waals surface area contributed by atoms with E-state index in [1.54, 1.807) is 7.11 Å². The van der Waals surface area contributed by atoms with Gasteiger partial charge in [0.15, 0.2) is 0 Å². The number of rotatable bonds is 6. The largest absolute Gasteiger partial charge is 0.383 e. The van der Waals surface area contributed by atoms with Gasteiger partial charge in [-0.2, -0.15) is 0 Å². The highest BCUT2D eigenvalue weighted by Crippen LogP contribution is 2.22. The van der Waals surface area contributed by atoms with Crippen LogP contribution in [-0.2, 0) is 4.74 Å². The van der Waals surface area contributed by atoms with Crippen LogP contribution in [0.3, 0.4) is 0 Å². The van der Waals surface area contributed by atoms with Gasteiger partial charge in [0.2, 0.25) is 0 Å². The molecule has 1 aliphatic heterocycles. The van der Waals surface area contributed by atoms with Gasteiger partial charge in [0.1, 0.15) is 0 Å². The molecule has 0 aromatic heterocycles. The predicted octanol–water partition coefficient (Wildman–Crippen LogP) is 2.31. The molecule has 1 aromatic carbocycles. The van der Waals surface area contributed by atoms with Gasteiger partial charge in [-0.25, -0.2) is 0 Å². The Morgan fingerprint density at radius 3 is 2.58 bits per heavy atom. The maximum absolute atomic E-state index is 5.41.